The lowest BCUT2D eigenvalue weighted by atomic mass is 9.84. The number of fused-ring (bicyclic) bond motifs is 5. The Bertz CT molecular complexity index is 3180. The molecule has 182 valence electrons. The summed E-state index contributed by atoms with van der Waals surface area (Å²) in [5.41, 5.74) is -2.91. The zero-order valence-electron chi connectivity index (χ0n) is 38.8. The predicted molar refractivity (Wildman–Crippen MR) is 165 cm³/mol. The highest BCUT2D eigenvalue weighted by atomic mass is 16.3. The topological polar surface area (TPSA) is 13.1 Å². The first kappa shape index (κ1) is 10.2. The molecule has 0 atom stereocenters. The zero-order valence-corrected chi connectivity index (χ0v) is 19.8. The van der Waals surface area contributed by atoms with E-state index in [1.54, 1.807) is 30.3 Å². The third kappa shape index (κ3) is 3.41. The second-order valence-electron chi connectivity index (χ2n) is 8.63. The lowest BCUT2D eigenvalue weighted by Gasteiger charge is -2.19. The van der Waals surface area contributed by atoms with Gasteiger partial charge in [-0.25, -0.2) is 0 Å². The Labute approximate surface area is 253 Å². The largest absolute Gasteiger partial charge is 0.455 e. The van der Waals surface area contributed by atoms with Gasteiger partial charge in [0.15, 0.2) is 0 Å². The van der Waals surface area contributed by atoms with Gasteiger partial charge in [-0.3, -0.25) is 0 Å². The number of para-hydroxylation sites is 2. The number of rotatable bonds is 3. The number of furan rings is 1. The average Bonchev–Trinajstić information content (AvgIpc) is 3.61. The minimum Gasteiger partial charge on any atom is -0.455 e. The predicted octanol–water partition coefficient (Wildman–Crippen LogP) is 10.9. The van der Waals surface area contributed by atoms with Crippen molar-refractivity contribution in [3.05, 3.63) is 145 Å². The molecule has 1 nitrogen and oxygen atoms in total. The van der Waals surface area contributed by atoms with Crippen LogP contribution in [-0.2, 0) is 0 Å². The Balaban J connectivity index is 1.81. The number of hydrogen-bond donors (Lipinski definition) is 0. The van der Waals surface area contributed by atoms with E-state index >= 15 is 0 Å². The summed E-state index contributed by atoms with van der Waals surface area (Å²) in [5, 5.41) is -2.59. The quantitative estimate of drug-likeness (QED) is 0.213. The summed E-state index contributed by atoms with van der Waals surface area (Å²) in [5.74, 6) is 0. The Hall–Kier alpha value is -5.14. The van der Waals surface area contributed by atoms with Gasteiger partial charge >= 0.3 is 0 Å². The van der Waals surface area contributed by atoms with Crippen LogP contribution in [0.15, 0.2) is 150 Å². The average molecular weight is 516 g/mol. The van der Waals surface area contributed by atoms with Gasteiger partial charge < -0.3 is 4.42 Å². The van der Waals surface area contributed by atoms with Crippen molar-refractivity contribution in [3.8, 4) is 33.4 Å². The lowest BCUT2D eigenvalue weighted by Crippen LogP contribution is -1.92. The lowest BCUT2D eigenvalue weighted by molar-refractivity contribution is 0.670. The first-order valence-corrected chi connectivity index (χ1v) is 11.8. The van der Waals surface area contributed by atoms with Gasteiger partial charge in [0.05, 0.1) is 26.0 Å². The molecule has 1 aromatic heterocycles. The second-order valence-corrected chi connectivity index (χ2v) is 8.63. The highest BCUT2D eigenvalue weighted by Crippen LogP contribution is 2.47. The minimum atomic E-state index is -0.840. The van der Waals surface area contributed by atoms with E-state index in [0.29, 0.717) is 0 Å². The molecule has 0 aliphatic heterocycles. The van der Waals surface area contributed by atoms with Crippen LogP contribution < -0.4 is 0 Å². The Morgan fingerprint density at radius 1 is 0.436 bits per heavy atom. The highest BCUT2D eigenvalue weighted by Gasteiger charge is 2.20. The second kappa shape index (κ2) is 8.72. The monoisotopic (exact) mass is 515 g/mol. The fourth-order valence-electron chi connectivity index (χ4n) is 4.85. The number of hydrogen-bond acceptors (Lipinski definition) is 1. The maximum Gasteiger partial charge on any atom is 0.143 e. The molecule has 0 unspecified atom stereocenters. The summed E-state index contributed by atoms with van der Waals surface area (Å²) in [4.78, 5) is 0. The van der Waals surface area contributed by atoms with Crippen LogP contribution in [0.3, 0.4) is 0 Å². The van der Waals surface area contributed by atoms with Gasteiger partial charge in [0.25, 0.3) is 0 Å². The molecule has 0 aliphatic carbocycles. The van der Waals surface area contributed by atoms with Crippen LogP contribution in [0, 0.1) is 0 Å². The summed E-state index contributed by atoms with van der Waals surface area (Å²) >= 11 is 0. The summed E-state index contributed by atoms with van der Waals surface area (Å²) < 4.78 is 175. The standard InChI is InChI=1S/C38H24O/c1-3-12-25(13-4-1)27-22-23-31-34(24-27)37(30-18-8-7-17-29(30)36(31)26-14-5-2-6-15-26)33-20-11-19-32-28-16-9-10-21-35(28)39-38(32)33/h1-24H/i2D,5D,6D,7D,8D,9D,10D,11D,14D,15D,16D,17D,18D,19D,20D,21D,22D,23D,24D. The Morgan fingerprint density at radius 2 is 1.10 bits per heavy atom. The van der Waals surface area contributed by atoms with Crippen LogP contribution in [0.5, 0.6) is 0 Å². The molecule has 8 aromatic rings. The molecular formula is C38H24O. The van der Waals surface area contributed by atoms with Crippen molar-refractivity contribution in [2.45, 2.75) is 0 Å². The van der Waals surface area contributed by atoms with Gasteiger partial charge in [0.2, 0.25) is 0 Å². The van der Waals surface area contributed by atoms with E-state index in [1.165, 1.54) is 0 Å². The van der Waals surface area contributed by atoms with Crippen molar-refractivity contribution in [1.82, 2.24) is 0 Å². The molecule has 0 bridgehead atoms. The first-order valence-electron chi connectivity index (χ1n) is 21.3. The smallest absolute Gasteiger partial charge is 0.143 e. The van der Waals surface area contributed by atoms with Gasteiger partial charge in [0.1, 0.15) is 11.2 Å². The van der Waals surface area contributed by atoms with Crippen LogP contribution in [0.25, 0.3) is 76.9 Å². The molecule has 0 fully saturated rings. The van der Waals surface area contributed by atoms with E-state index in [2.05, 4.69) is 0 Å². The summed E-state index contributed by atoms with van der Waals surface area (Å²) in [6, 6.07) is -6.21. The summed E-state index contributed by atoms with van der Waals surface area (Å²) in [7, 11) is 0. The molecule has 8 rings (SSSR count). The molecule has 0 saturated heterocycles. The highest BCUT2D eigenvalue weighted by molar-refractivity contribution is 6.24. The molecule has 39 heavy (non-hydrogen) atoms. The molecule has 0 N–H and O–H groups in total. The van der Waals surface area contributed by atoms with Crippen molar-refractivity contribution in [2.75, 3.05) is 0 Å². The fourth-order valence-corrected chi connectivity index (χ4v) is 4.85. The van der Waals surface area contributed by atoms with Crippen molar-refractivity contribution in [1.29, 1.82) is 0 Å². The maximum atomic E-state index is 9.81. The fraction of sp³-hybridized carbons (Fsp3) is 0. The van der Waals surface area contributed by atoms with Crippen LogP contribution >= 0.6 is 0 Å². The van der Waals surface area contributed by atoms with Crippen LogP contribution in [0.4, 0.5) is 0 Å². The van der Waals surface area contributed by atoms with E-state index < -0.39 is 170 Å². The third-order valence-electron chi connectivity index (χ3n) is 6.50. The third-order valence-corrected chi connectivity index (χ3v) is 6.50. The van der Waals surface area contributed by atoms with Gasteiger partial charge in [0, 0.05) is 21.9 Å². The molecule has 0 saturated carbocycles. The maximum absolute atomic E-state index is 9.81. The SMILES string of the molecule is [2H]c1c([2H])c([2H])c(-c2c3c([2H])c([2H])c([2H])c([2H])c3c(-c3c([2H])c([2H])c([2H])c4c3oc3c([2H])c([2H])c([2H])c([2H])c34)c3c([2H])c(-c4ccccc4)c([2H])c([2H])c23)c([2H])c1[2H]. The van der Waals surface area contributed by atoms with E-state index in [-0.39, 0.29) is 21.9 Å². The first-order chi connectivity index (χ1) is 27.3. The molecule has 1 heterocycles. The molecule has 1 heteroatoms. The molecule has 0 spiro atoms. The molecule has 0 amide bonds. The van der Waals surface area contributed by atoms with Gasteiger partial charge in [-0.1, -0.05) is 133 Å². The summed E-state index contributed by atoms with van der Waals surface area (Å²) in [6.45, 7) is 0. The molecule has 0 aliphatic rings. The Kier molecular flexibility index (Phi) is 2.28. The summed E-state index contributed by atoms with van der Waals surface area (Å²) in [6.07, 6.45) is 0. The minimum absolute atomic E-state index is 0.165. The van der Waals surface area contributed by atoms with Crippen LogP contribution in [-0.4, -0.2) is 0 Å². The normalized spacial score (nSPS) is 18.4. The molecular weight excluding hydrogens is 472 g/mol. The number of benzene rings is 7. The van der Waals surface area contributed by atoms with E-state index in [9.17, 15) is 8.22 Å². The van der Waals surface area contributed by atoms with Crippen LogP contribution in [0.2, 0.25) is 0 Å². The van der Waals surface area contributed by atoms with E-state index in [0.717, 1.165) is 0 Å². The van der Waals surface area contributed by atoms with E-state index in [4.69, 9.17) is 22.2 Å². The van der Waals surface area contributed by atoms with Crippen molar-refractivity contribution in [3.63, 3.8) is 0 Å². The van der Waals surface area contributed by atoms with Gasteiger partial charge in [-0.05, 0) is 55.9 Å². The van der Waals surface area contributed by atoms with Gasteiger partial charge in [-0.15, -0.1) is 0 Å². The van der Waals surface area contributed by atoms with E-state index in [1.807, 2.05) is 0 Å². The Morgan fingerprint density at radius 3 is 1.92 bits per heavy atom. The van der Waals surface area contributed by atoms with Gasteiger partial charge in [-0.2, -0.15) is 0 Å². The van der Waals surface area contributed by atoms with Crippen LogP contribution in [0.1, 0.15) is 26.0 Å². The molecule has 7 aromatic carbocycles. The van der Waals surface area contributed by atoms with Crippen molar-refractivity contribution < 1.29 is 30.5 Å². The van der Waals surface area contributed by atoms with Crippen molar-refractivity contribution >= 4 is 43.5 Å². The zero-order chi connectivity index (χ0) is 42.3. The molecule has 0 radical (unpaired) electrons. The van der Waals surface area contributed by atoms with Crippen molar-refractivity contribution in [2.24, 2.45) is 0 Å².